The van der Waals surface area contributed by atoms with E-state index in [0.29, 0.717) is 6.04 Å². The molecule has 1 aromatic heterocycles. The van der Waals surface area contributed by atoms with Gasteiger partial charge in [0.25, 0.3) is 0 Å². The second kappa shape index (κ2) is 4.74. The van der Waals surface area contributed by atoms with Crippen LogP contribution in [-0.4, -0.2) is 17.6 Å². The van der Waals surface area contributed by atoms with Crippen molar-refractivity contribution in [1.82, 2.24) is 4.98 Å². The Hall–Kier alpha value is -0.570. The fourth-order valence-corrected chi connectivity index (χ4v) is 2.66. The Morgan fingerprint density at radius 2 is 2.12 bits per heavy atom. The lowest BCUT2D eigenvalue weighted by Gasteiger charge is -2.37. The molecule has 0 N–H and O–H groups in total. The van der Waals surface area contributed by atoms with E-state index in [2.05, 4.69) is 51.8 Å². The number of nitrogens with zero attached hydrogens (tertiary/aromatic N) is 2. The van der Waals surface area contributed by atoms with Gasteiger partial charge in [-0.2, -0.15) is 0 Å². The van der Waals surface area contributed by atoms with Crippen molar-refractivity contribution in [1.29, 1.82) is 0 Å². The second-order valence-corrected chi connectivity index (χ2v) is 5.76. The minimum atomic E-state index is 0.608. The Bertz CT molecular complexity index is 378. The van der Waals surface area contributed by atoms with Crippen LogP contribution in [-0.2, 0) is 0 Å². The van der Waals surface area contributed by atoms with E-state index in [9.17, 15) is 0 Å². The first kappa shape index (κ1) is 11.9. The molecule has 2 heterocycles. The number of hydrogen-bond donors (Lipinski definition) is 0. The molecule has 3 heteroatoms. The van der Waals surface area contributed by atoms with Crippen molar-refractivity contribution in [3.05, 3.63) is 22.3 Å². The summed E-state index contributed by atoms with van der Waals surface area (Å²) >= 11 is 3.50. The number of anilines is 1. The molecule has 0 amide bonds. The quantitative estimate of drug-likeness (QED) is 0.779. The van der Waals surface area contributed by atoms with Crippen LogP contribution in [0, 0.1) is 12.8 Å². The second-order valence-electron chi connectivity index (χ2n) is 4.91. The van der Waals surface area contributed by atoms with Crippen molar-refractivity contribution in [2.75, 3.05) is 11.4 Å². The molecule has 0 saturated carbocycles. The van der Waals surface area contributed by atoms with Crippen molar-refractivity contribution in [3.8, 4) is 0 Å². The third-order valence-electron chi connectivity index (χ3n) is 3.44. The normalized spacial score (nSPS) is 25.9. The van der Waals surface area contributed by atoms with E-state index in [-0.39, 0.29) is 0 Å². The number of rotatable bonds is 1. The average molecular weight is 283 g/mol. The third kappa shape index (κ3) is 2.40. The predicted octanol–water partition coefficient (Wildman–Crippen LogP) is 3.78. The molecule has 1 aliphatic rings. The molecular weight excluding hydrogens is 264 g/mol. The first-order valence-electron chi connectivity index (χ1n) is 5.97. The zero-order valence-corrected chi connectivity index (χ0v) is 11.8. The maximum Gasteiger partial charge on any atom is 0.129 e. The van der Waals surface area contributed by atoms with E-state index in [1.165, 1.54) is 12.8 Å². The summed E-state index contributed by atoms with van der Waals surface area (Å²) in [5, 5.41) is 0. The van der Waals surface area contributed by atoms with Crippen LogP contribution in [0.3, 0.4) is 0 Å². The SMILES string of the molecule is Cc1nc(N2CCC(C)CC2C)ccc1Br. The monoisotopic (exact) mass is 282 g/mol. The van der Waals surface area contributed by atoms with Crippen LogP contribution in [0.15, 0.2) is 16.6 Å². The highest BCUT2D eigenvalue weighted by Crippen LogP contribution is 2.27. The van der Waals surface area contributed by atoms with Crippen molar-refractivity contribution in [3.63, 3.8) is 0 Å². The van der Waals surface area contributed by atoms with Crippen molar-refractivity contribution in [2.24, 2.45) is 5.92 Å². The molecule has 2 rings (SSSR count). The summed E-state index contributed by atoms with van der Waals surface area (Å²) in [5.41, 5.74) is 1.07. The molecular formula is C13H19BrN2. The summed E-state index contributed by atoms with van der Waals surface area (Å²) in [5.74, 6) is 1.97. The van der Waals surface area contributed by atoms with Gasteiger partial charge >= 0.3 is 0 Å². The molecule has 1 saturated heterocycles. The highest BCUT2D eigenvalue weighted by atomic mass is 79.9. The Balaban J connectivity index is 2.20. The van der Waals surface area contributed by atoms with Gasteiger partial charge in [-0.1, -0.05) is 6.92 Å². The highest BCUT2D eigenvalue weighted by Gasteiger charge is 2.23. The minimum absolute atomic E-state index is 0.608. The van der Waals surface area contributed by atoms with Gasteiger partial charge in [0.05, 0.1) is 5.69 Å². The van der Waals surface area contributed by atoms with Gasteiger partial charge in [-0.3, -0.25) is 0 Å². The van der Waals surface area contributed by atoms with Crippen LogP contribution in [0.4, 0.5) is 5.82 Å². The summed E-state index contributed by atoms with van der Waals surface area (Å²) in [7, 11) is 0. The van der Waals surface area contributed by atoms with Crippen LogP contribution in [0.1, 0.15) is 32.4 Å². The number of halogens is 1. The Labute approximate surface area is 106 Å². The molecule has 2 atom stereocenters. The van der Waals surface area contributed by atoms with Crippen molar-refractivity contribution < 1.29 is 0 Å². The molecule has 1 aromatic rings. The summed E-state index contributed by atoms with van der Waals surface area (Å²) in [6.45, 7) is 7.82. The summed E-state index contributed by atoms with van der Waals surface area (Å²) in [6, 6.07) is 4.82. The van der Waals surface area contributed by atoms with Gasteiger partial charge in [0.1, 0.15) is 5.82 Å². The lowest BCUT2D eigenvalue weighted by molar-refractivity contribution is 0.376. The first-order chi connectivity index (χ1) is 7.58. The summed E-state index contributed by atoms with van der Waals surface area (Å²) in [6.07, 6.45) is 2.55. The van der Waals surface area contributed by atoms with Gasteiger partial charge in [-0.25, -0.2) is 4.98 Å². The van der Waals surface area contributed by atoms with Gasteiger partial charge in [0.2, 0.25) is 0 Å². The van der Waals surface area contributed by atoms with E-state index in [1.54, 1.807) is 0 Å². The number of hydrogen-bond acceptors (Lipinski definition) is 2. The van der Waals surface area contributed by atoms with Gasteiger partial charge in [0, 0.05) is 17.1 Å². The van der Waals surface area contributed by atoms with Crippen LogP contribution < -0.4 is 4.90 Å². The zero-order chi connectivity index (χ0) is 11.7. The highest BCUT2D eigenvalue weighted by molar-refractivity contribution is 9.10. The van der Waals surface area contributed by atoms with Gasteiger partial charge in [-0.15, -0.1) is 0 Å². The van der Waals surface area contributed by atoms with Gasteiger partial charge in [-0.05, 0) is 60.7 Å². The molecule has 0 aliphatic carbocycles. The van der Waals surface area contributed by atoms with E-state index < -0.39 is 0 Å². The Morgan fingerprint density at radius 3 is 2.75 bits per heavy atom. The maximum atomic E-state index is 4.65. The molecule has 2 nitrogen and oxygen atoms in total. The number of pyridine rings is 1. The largest absolute Gasteiger partial charge is 0.354 e. The summed E-state index contributed by atoms with van der Waals surface area (Å²) in [4.78, 5) is 7.08. The zero-order valence-electron chi connectivity index (χ0n) is 10.2. The molecule has 1 aliphatic heterocycles. The molecule has 88 valence electrons. The molecule has 16 heavy (non-hydrogen) atoms. The Kier molecular flexibility index (Phi) is 3.53. The van der Waals surface area contributed by atoms with Crippen LogP contribution in [0.2, 0.25) is 0 Å². The van der Waals surface area contributed by atoms with Crippen LogP contribution >= 0.6 is 15.9 Å². The van der Waals surface area contributed by atoms with E-state index in [4.69, 9.17) is 0 Å². The fourth-order valence-electron chi connectivity index (χ4n) is 2.44. The fraction of sp³-hybridized carbons (Fsp3) is 0.615. The van der Waals surface area contributed by atoms with E-state index >= 15 is 0 Å². The van der Waals surface area contributed by atoms with Crippen LogP contribution in [0.25, 0.3) is 0 Å². The Morgan fingerprint density at radius 1 is 1.38 bits per heavy atom. The lowest BCUT2D eigenvalue weighted by atomic mass is 9.93. The molecule has 1 fully saturated rings. The van der Waals surface area contributed by atoms with Gasteiger partial charge in [0.15, 0.2) is 0 Å². The lowest BCUT2D eigenvalue weighted by Crippen LogP contribution is -2.40. The minimum Gasteiger partial charge on any atom is -0.354 e. The van der Waals surface area contributed by atoms with Crippen molar-refractivity contribution in [2.45, 2.75) is 39.7 Å². The van der Waals surface area contributed by atoms with E-state index in [1.807, 2.05) is 6.92 Å². The predicted molar refractivity (Wildman–Crippen MR) is 71.9 cm³/mol. The smallest absolute Gasteiger partial charge is 0.129 e. The molecule has 0 spiro atoms. The van der Waals surface area contributed by atoms with E-state index in [0.717, 1.165) is 28.4 Å². The topological polar surface area (TPSA) is 16.1 Å². The maximum absolute atomic E-state index is 4.65. The van der Waals surface area contributed by atoms with Crippen LogP contribution in [0.5, 0.6) is 0 Å². The standard InChI is InChI=1S/C13H19BrN2/c1-9-6-7-16(10(2)8-9)13-5-4-12(14)11(3)15-13/h4-5,9-10H,6-8H2,1-3H3. The van der Waals surface area contributed by atoms with Crippen molar-refractivity contribution >= 4 is 21.7 Å². The molecule has 0 bridgehead atoms. The third-order valence-corrected chi connectivity index (χ3v) is 4.28. The summed E-state index contributed by atoms with van der Waals surface area (Å²) < 4.78 is 1.09. The number of piperidine rings is 1. The average Bonchev–Trinajstić information content (AvgIpc) is 2.22. The molecule has 0 radical (unpaired) electrons. The first-order valence-corrected chi connectivity index (χ1v) is 6.77. The number of aryl methyl sites for hydroxylation is 1. The number of aromatic nitrogens is 1. The van der Waals surface area contributed by atoms with Gasteiger partial charge < -0.3 is 4.90 Å². The molecule has 2 unspecified atom stereocenters. The molecule has 0 aromatic carbocycles.